The van der Waals surface area contributed by atoms with Crippen molar-refractivity contribution in [3.05, 3.63) is 0 Å². The Morgan fingerprint density at radius 1 is 0.158 bits per heavy atom. The smallest absolute Gasteiger partial charge is 2.00 e. The van der Waals surface area contributed by atoms with Crippen molar-refractivity contribution in [1.82, 2.24) is 0 Å². The van der Waals surface area contributed by atoms with Gasteiger partial charge in [-0.15, -0.1) is 0 Å². The molecule has 13 nitrogen and oxygen atoms in total. The van der Waals surface area contributed by atoms with Crippen LogP contribution in [-0.4, -0.2) is 0 Å². The normalized spacial score (nSPS) is 0. The molecule has 0 radical (unpaired) electrons. The van der Waals surface area contributed by atoms with Gasteiger partial charge in [-0.1, -0.05) is 0 Å². The van der Waals surface area contributed by atoms with Gasteiger partial charge >= 0.3 is 172 Å². The second-order valence-corrected chi connectivity index (χ2v) is 0. The largest absolute Gasteiger partial charge is 6.00 e. The molecule has 0 aromatic heterocycles. The summed E-state index contributed by atoms with van der Waals surface area (Å²) in [5.41, 5.74) is 0. The molecule has 0 fully saturated rings. The Hall–Kier alpha value is 4.88. The van der Waals surface area contributed by atoms with Gasteiger partial charge in [-0.25, -0.2) is 0 Å². The van der Waals surface area contributed by atoms with E-state index in [0.717, 1.165) is 0 Å². The Bertz CT molecular complexity index is 22.6. The third-order valence-electron chi connectivity index (χ3n) is 0. The van der Waals surface area contributed by atoms with Gasteiger partial charge in [0.1, 0.15) is 0 Å². The second-order valence-electron chi connectivity index (χ2n) is 0. The molecule has 0 unspecified atom stereocenters. The topological polar surface area (TPSA) is 370 Å². The first-order chi connectivity index (χ1) is 0. The monoisotopic (exact) mass is 494 g/mol. The molecule has 0 spiro atoms. The predicted molar refractivity (Wildman–Crippen MR) is 8.92 cm³/mol. The van der Waals surface area contributed by atoms with E-state index in [0.29, 0.717) is 0 Å². The van der Waals surface area contributed by atoms with Crippen LogP contribution in [0.2, 0.25) is 0 Å². The van der Waals surface area contributed by atoms with E-state index in [4.69, 9.17) is 0 Å². The van der Waals surface area contributed by atoms with E-state index in [1.807, 2.05) is 0 Å². The predicted octanol–water partition coefficient (Wildman–Crippen LogP) is -7.55. The molecule has 0 atom stereocenters. The van der Waals surface area contributed by atoms with E-state index in [9.17, 15) is 0 Å². The van der Waals surface area contributed by atoms with Crippen molar-refractivity contribution in [2.24, 2.45) is 0 Å². The second kappa shape index (κ2) is 460. The fourth-order valence-corrected chi connectivity index (χ4v) is 0. The first-order valence-corrected chi connectivity index (χ1v) is 0. The van der Waals surface area contributed by atoms with Crippen molar-refractivity contribution >= 4 is 0 Å². The van der Waals surface area contributed by atoms with Gasteiger partial charge in [0.15, 0.2) is 0 Å². The summed E-state index contributed by atoms with van der Waals surface area (Å²) in [6.45, 7) is 0. The minimum Gasteiger partial charge on any atom is -2.00 e. The molecule has 0 N–H and O–H groups in total. The van der Waals surface area contributed by atoms with Crippen LogP contribution in [0.25, 0.3) is 0 Å². The van der Waals surface area contributed by atoms with Gasteiger partial charge in [0, 0.05) is 0 Å². The van der Waals surface area contributed by atoms with E-state index in [-0.39, 0.29) is 243 Å². The van der Waals surface area contributed by atoms with Crippen molar-refractivity contribution in [3.8, 4) is 0 Å². The fourth-order valence-electron chi connectivity index (χ4n) is 0. The Kier molecular flexibility index (Phi) is 12700. The molecule has 0 saturated carbocycles. The molecule has 0 rings (SSSR count). The van der Waals surface area contributed by atoms with Gasteiger partial charge in [0.25, 0.3) is 0 Å². The summed E-state index contributed by atoms with van der Waals surface area (Å²) in [5.74, 6) is 0. The molecule has 0 aliphatic heterocycles. The summed E-state index contributed by atoms with van der Waals surface area (Å²) in [4.78, 5) is 0. The van der Waals surface area contributed by atoms with E-state index in [1.54, 1.807) is 0 Å². The zero-order valence-electron chi connectivity index (χ0n) is 8.94. The minimum atomic E-state index is 0. The molecule has 0 aromatic carbocycles. The summed E-state index contributed by atoms with van der Waals surface area (Å²) in [6, 6.07) is 0. The summed E-state index contributed by atoms with van der Waals surface area (Å²) >= 11 is 0. The van der Waals surface area contributed by atoms with Crippen LogP contribution in [0.5, 0.6) is 0 Å². The quantitative estimate of drug-likeness (QED) is 0.283. The standard InChI is InChI=1S/4Cr.2K.13O/q4*+6;2*+1;13*-2. The first kappa shape index (κ1) is 525. The Morgan fingerprint density at radius 3 is 0.158 bits per heavy atom. The summed E-state index contributed by atoms with van der Waals surface area (Å²) in [7, 11) is 0. The van der Waals surface area contributed by atoms with Gasteiger partial charge in [0.2, 0.25) is 0 Å². The van der Waals surface area contributed by atoms with Crippen LogP contribution in [0, 0.1) is 0 Å². The average molecular weight is 494 g/mol. The van der Waals surface area contributed by atoms with Gasteiger partial charge in [-0.2, -0.15) is 0 Å². The van der Waals surface area contributed by atoms with Crippen LogP contribution in [0.4, 0.5) is 0 Å². The van der Waals surface area contributed by atoms with Gasteiger partial charge < -0.3 is 71.2 Å². The maximum Gasteiger partial charge on any atom is 6.00 e. The molecular formula is Cr4K2O13. The average Bonchev–Trinajstić information content (AvgIpc) is 0. The van der Waals surface area contributed by atoms with Crippen LogP contribution in [0.1, 0.15) is 0 Å². The van der Waals surface area contributed by atoms with Crippen molar-refractivity contribution in [3.63, 3.8) is 0 Å². The van der Waals surface area contributed by atoms with E-state index in [1.165, 1.54) is 0 Å². The Morgan fingerprint density at radius 2 is 0.158 bits per heavy atom. The SMILES string of the molecule is [Cr+6].[Cr+6].[Cr+6].[Cr+6].[K+].[K+].[O-2].[O-2].[O-2].[O-2].[O-2].[O-2].[O-2].[O-2].[O-2].[O-2].[O-2].[O-2].[O-2]. The molecule has 0 bridgehead atoms. The molecule has 0 amide bonds. The molecule has 0 aromatic rings. The van der Waals surface area contributed by atoms with Crippen LogP contribution in [-0.2, 0) is 141 Å². The molecule has 19 heteroatoms. The molecule has 0 heterocycles. The van der Waals surface area contributed by atoms with Crippen molar-refractivity contribution in [2.45, 2.75) is 0 Å². The van der Waals surface area contributed by atoms with Crippen molar-refractivity contribution < 1.29 is 243 Å². The van der Waals surface area contributed by atoms with Crippen molar-refractivity contribution in [2.75, 3.05) is 0 Å². The Balaban J connectivity index is 0. The van der Waals surface area contributed by atoms with Crippen LogP contribution >= 0.6 is 0 Å². The molecule has 0 aliphatic rings. The maximum absolute atomic E-state index is 0. The molecule has 19 heavy (non-hydrogen) atoms. The number of rotatable bonds is 0. The van der Waals surface area contributed by atoms with E-state index in [2.05, 4.69) is 0 Å². The van der Waals surface area contributed by atoms with Crippen LogP contribution < -0.4 is 103 Å². The minimum absolute atomic E-state index is 0. The third-order valence-corrected chi connectivity index (χ3v) is 0. The zero-order chi connectivity index (χ0) is 0. The summed E-state index contributed by atoms with van der Waals surface area (Å²) < 4.78 is 0. The third kappa shape index (κ3) is 419. The first-order valence-electron chi connectivity index (χ1n) is 0. The summed E-state index contributed by atoms with van der Waals surface area (Å²) in [6.07, 6.45) is 0. The van der Waals surface area contributed by atoms with Gasteiger partial charge in [0.05, 0.1) is 0 Å². The van der Waals surface area contributed by atoms with Crippen LogP contribution in [0.3, 0.4) is 0 Å². The fraction of sp³-hybridized carbons (Fsp3) is 0. The number of hydrogen-bond acceptors (Lipinski definition) is 0. The van der Waals surface area contributed by atoms with Gasteiger partial charge in [-0.3, -0.25) is 0 Å². The van der Waals surface area contributed by atoms with Crippen LogP contribution in [0.15, 0.2) is 0 Å². The molecule has 0 saturated heterocycles. The molecule has 104 valence electrons. The number of hydrogen-bond donors (Lipinski definition) is 0. The van der Waals surface area contributed by atoms with Gasteiger partial charge in [-0.05, 0) is 0 Å². The van der Waals surface area contributed by atoms with E-state index >= 15 is 0 Å². The van der Waals surface area contributed by atoms with Crippen molar-refractivity contribution in [1.29, 1.82) is 0 Å². The van der Waals surface area contributed by atoms with E-state index < -0.39 is 0 Å². The maximum atomic E-state index is 0. The molecule has 0 aliphatic carbocycles. The Labute approximate surface area is 238 Å². The molecular weight excluding hydrogens is 494 g/mol. The zero-order valence-corrected chi connectivity index (χ0v) is 20.3. The summed E-state index contributed by atoms with van der Waals surface area (Å²) in [5, 5.41) is 0.